The lowest BCUT2D eigenvalue weighted by Crippen LogP contribution is -2.27. The molecular weight excluding hydrogens is 304 g/mol. The van der Waals surface area contributed by atoms with Crippen molar-refractivity contribution in [3.63, 3.8) is 0 Å². The molecule has 1 heterocycles. The highest BCUT2D eigenvalue weighted by Gasteiger charge is 2.32. The minimum absolute atomic E-state index is 0.0536. The van der Waals surface area contributed by atoms with Crippen molar-refractivity contribution in [2.75, 3.05) is 18.6 Å². The van der Waals surface area contributed by atoms with Gasteiger partial charge in [0.15, 0.2) is 0 Å². The lowest BCUT2D eigenvalue weighted by atomic mass is 10.2. The summed E-state index contributed by atoms with van der Waals surface area (Å²) in [6, 6.07) is 4.23. The summed E-state index contributed by atoms with van der Waals surface area (Å²) in [6.45, 7) is 0.572. The molecule has 0 bridgehead atoms. The number of benzene rings is 1. The third kappa shape index (κ3) is 2.17. The number of non-ortho nitro benzene ring substituents is 1. The lowest BCUT2D eigenvalue weighted by Gasteiger charge is -2.18. The fourth-order valence-electron chi connectivity index (χ4n) is 1.89. The molecule has 1 fully saturated rings. The Morgan fingerprint density at radius 2 is 2.28 bits per heavy atom. The molecule has 1 aromatic rings. The van der Waals surface area contributed by atoms with E-state index in [9.17, 15) is 14.9 Å². The molecule has 2 rings (SSSR count). The van der Waals surface area contributed by atoms with Gasteiger partial charge in [-0.2, -0.15) is 0 Å². The Morgan fingerprint density at radius 1 is 1.56 bits per heavy atom. The van der Waals surface area contributed by atoms with Crippen LogP contribution in [0, 0.1) is 10.1 Å². The maximum absolute atomic E-state index is 11.9. The van der Waals surface area contributed by atoms with E-state index in [1.54, 1.807) is 11.0 Å². The molecule has 1 unspecified atom stereocenters. The van der Waals surface area contributed by atoms with E-state index in [4.69, 9.17) is 4.74 Å². The van der Waals surface area contributed by atoms with E-state index in [0.29, 0.717) is 24.4 Å². The van der Waals surface area contributed by atoms with E-state index in [0.717, 1.165) is 0 Å². The summed E-state index contributed by atoms with van der Waals surface area (Å²) in [5.74, 6) is 0.279. The smallest absolute Gasteiger partial charge is 0.273 e. The van der Waals surface area contributed by atoms with Crippen LogP contribution in [-0.4, -0.2) is 29.3 Å². The SMILES string of the molecule is COc1cc([N+](=O)[O-])ccc1N1CCC(Br)C1=O. The third-order valence-corrected chi connectivity index (χ3v) is 3.65. The number of anilines is 1. The van der Waals surface area contributed by atoms with Gasteiger partial charge in [0.2, 0.25) is 5.91 Å². The summed E-state index contributed by atoms with van der Waals surface area (Å²) >= 11 is 3.29. The predicted octanol–water partition coefficient (Wildman–Crippen LogP) is 2.10. The summed E-state index contributed by atoms with van der Waals surface area (Å²) in [5, 5.41) is 10.7. The number of carbonyl (C=O) groups is 1. The van der Waals surface area contributed by atoms with Crippen molar-refractivity contribution in [3.05, 3.63) is 28.3 Å². The molecule has 0 aliphatic carbocycles. The summed E-state index contributed by atoms with van der Waals surface area (Å²) in [5.41, 5.74) is 0.507. The summed E-state index contributed by atoms with van der Waals surface area (Å²) < 4.78 is 5.12. The number of nitro groups is 1. The van der Waals surface area contributed by atoms with Crippen LogP contribution in [0.1, 0.15) is 6.42 Å². The first kappa shape index (κ1) is 12.8. The Morgan fingerprint density at radius 3 is 2.78 bits per heavy atom. The number of amides is 1. The molecule has 18 heavy (non-hydrogen) atoms. The van der Waals surface area contributed by atoms with Crippen LogP contribution in [-0.2, 0) is 4.79 Å². The van der Waals surface area contributed by atoms with Crippen molar-refractivity contribution in [3.8, 4) is 5.75 Å². The largest absolute Gasteiger partial charge is 0.494 e. The first-order chi connectivity index (χ1) is 8.54. The zero-order chi connectivity index (χ0) is 13.3. The van der Waals surface area contributed by atoms with Crippen LogP contribution >= 0.6 is 15.9 Å². The van der Waals surface area contributed by atoms with Crippen LogP contribution in [0.3, 0.4) is 0 Å². The number of hydrogen-bond acceptors (Lipinski definition) is 4. The maximum atomic E-state index is 11.9. The number of ether oxygens (including phenoxy) is 1. The number of carbonyl (C=O) groups excluding carboxylic acids is 1. The minimum Gasteiger partial charge on any atom is -0.494 e. The van der Waals surface area contributed by atoms with Gasteiger partial charge >= 0.3 is 0 Å². The Balaban J connectivity index is 2.39. The van der Waals surface area contributed by atoms with E-state index in [1.807, 2.05) is 0 Å². The van der Waals surface area contributed by atoms with Crippen molar-refractivity contribution in [1.82, 2.24) is 0 Å². The molecular formula is C11H11BrN2O4. The maximum Gasteiger partial charge on any atom is 0.273 e. The Kier molecular flexibility index (Phi) is 3.51. The van der Waals surface area contributed by atoms with Gasteiger partial charge in [0.1, 0.15) is 5.75 Å². The molecule has 0 spiro atoms. The van der Waals surface area contributed by atoms with Crippen molar-refractivity contribution >= 4 is 33.2 Å². The monoisotopic (exact) mass is 314 g/mol. The zero-order valence-electron chi connectivity index (χ0n) is 9.63. The topological polar surface area (TPSA) is 72.7 Å². The van der Waals surface area contributed by atoms with E-state index in [-0.39, 0.29) is 16.4 Å². The van der Waals surface area contributed by atoms with Crippen LogP contribution in [0.15, 0.2) is 18.2 Å². The third-order valence-electron chi connectivity index (χ3n) is 2.81. The van der Waals surface area contributed by atoms with Gasteiger partial charge in [-0.25, -0.2) is 0 Å². The average molecular weight is 315 g/mol. The first-order valence-corrected chi connectivity index (χ1v) is 6.24. The van der Waals surface area contributed by atoms with Crippen molar-refractivity contribution in [1.29, 1.82) is 0 Å². The van der Waals surface area contributed by atoms with Crippen LogP contribution in [0.25, 0.3) is 0 Å². The van der Waals surface area contributed by atoms with Crippen LogP contribution in [0.5, 0.6) is 5.75 Å². The number of hydrogen-bond donors (Lipinski definition) is 0. The second kappa shape index (κ2) is 4.93. The summed E-state index contributed by atoms with van der Waals surface area (Å²) in [7, 11) is 1.43. The molecule has 1 saturated heterocycles. The van der Waals surface area contributed by atoms with Gasteiger partial charge in [-0.15, -0.1) is 0 Å². The van der Waals surface area contributed by atoms with E-state index >= 15 is 0 Å². The van der Waals surface area contributed by atoms with Crippen LogP contribution < -0.4 is 9.64 Å². The number of nitrogens with zero attached hydrogens (tertiary/aromatic N) is 2. The van der Waals surface area contributed by atoms with E-state index in [2.05, 4.69) is 15.9 Å². The number of methoxy groups -OCH3 is 1. The fraction of sp³-hybridized carbons (Fsp3) is 0.364. The standard InChI is InChI=1S/C11H11BrN2O4/c1-18-10-6-7(14(16)17)2-3-9(10)13-5-4-8(12)11(13)15/h2-3,6,8H,4-5H2,1H3. The van der Waals surface area contributed by atoms with E-state index < -0.39 is 4.92 Å². The van der Waals surface area contributed by atoms with Gasteiger partial charge in [-0.05, 0) is 12.5 Å². The highest BCUT2D eigenvalue weighted by molar-refractivity contribution is 9.10. The number of halogens is 1. The molecule has 0 radical (unpaired) electrons. The quantitative estimate of drug-likeness (QED) is 0.486. The van der Waals surface area contributed by atoms with Gasteiger partial charge in [0.25, 0.3) is 5.69 Å². The summed E-state index contributed by atoms with van der Waals surface area (Å²) in [6.07, 6.45) is 0.707. The molecule has 1 aliphatic heterocycles. The molecule has 1 aliphatic rings. The molecule has 1 aromatic carbocycles. The minimum atomic E-state index is -0.495. The second-order valence-corrected chi connectivity index (χ2v) is 4.96. The number of nitro benzene ring substituents is 1. The van der Waals surface area contributed by atoms with Gasteiger partial charge in [0, 0.05) is 12.6 Å². The van der Waals surface area contributed by atoms with Crippen molar-refractivity contribution < 1.29 is 14.5 Å². The molecule has 6 nitrogen and oxygen atoms in total. The Bertz CT molecular complexity index is 506. The summed E-state index contributed by atoms with van der Waals surface area (Å²) in [4.78, 5) is 23.4. The zero-order valence-corrected chi connectivity index (χ0v) is 11.2. The highest BCUT2D eigenvalue weighted by atomic mass is 79.9. The van der Waals surface area contributed by atoms with Crippen LogP contribution in [0.2, 0.25) is 0 Å². The molecule has 1 amide bonds. The lowest BCUT2D eigenvalue weighted by molar-refractivity contribution is -0.384. The second-order valence-electron chi connectivity index (χ2n) is 3.86. The Hall–Kier alpha value is -1.63. The molecule has 1 atom stereocenters. The van der Waals surface area contributed by atoms with Crippen LogP contribution in [0.4, 0.5) is 11.4 Å². The number of alkyl halides is 1. The van der Waals surface area contributed by atoms with Gasteiger partial charge in [-0.1, -0.05) is 15.9 Å². The normalized spacial score (nSPS) is 19.1. The van der Waals surface area contributed by atoms with Crippen molar-refractivity contribution in [2.45, 2.75) is 11.2 Å². The fourth-order valence-corrected chi connectivity index (χ4v) is 2.34. The first-order valence-electron chi connectivity index (χ1n) is 5.32. The van der Waals surface area contributed by atoms with Gasteiger partial charge in [0.05, 0.1) is 28.6 Å². The van der Waals surface area contributed by atoms with E-state index in [1.165, 1.54) is 19.2 Å². The highest BCUT2D eigenvalue weighted by Crippen LogP contribution is 2.35. The molecule has 0 saturated carbocycles. The van der Waals surface area contributed by atoms with Gasteiger partial charge < -0.3 is 9.64 Å². The Labute approximate surface area is 112 Å². The molecule has 7 heteroatoms. The molecule has 0 aromatic heterocycles. The molecule has 96 valence electrons. The average Bonchev–Trinajstić information content (AvgIpc) is 2.69. The van der Waals surface area contributed by atoms with Gasteiger partial charge in [-0.3, -0.25) is 14.9 Å². The molecule has 0 N–H and O–H groups in total. The number of rotatable bonds is 3. The van der Waals surface area contributed by atoms with Crippen molar-refractivity contribution in [2.24, 2.45) is 0 Å². The predicted molar refractivity (Wildman–Crippen MR) is 69.3 cm³/mol.